The lowest BCUT2D eigenvalue weighted by Gasteiger charge is -2.22. The molecule has 0 N–H and O–H groups in total. The van der Waals surface area contributed by atoms with Crippen LogP contribution in [0, 0.1) is 0 Å². The average Bonchev–Trinajstić information content (AvgIpc) is 3.34. The summed E-state index contributed by atoms with van der Waals surface area (Å²) in [4.78, 5) is 44.1. The first-order chi connectivity index (χ1) is 17.7. The van der Waals surface area contributed by atoms with E-state index in [-0.39, 0.29) is 0 Å². The highest BCUT2D eigenvalue weighted by molar-refractivity contribution is 6.14. The first-order valence-corrected chi connectivity index (χ1v) is 12.3. The van der Waals surface area contributed by atoms with E-state index in [1.807, 2.05) is 72.8 Å². The molecule has 3 aromatic rings. The predicted molar refractivity (Wildman–Crippen MR) is 139 cm³/mol. The van der Waals surface area contributed by atoms with Crippen LogP contribution >= 0.6 is 0 Å². The third kappa shape index (κ3) is 4.77. The number of carbonyl (C=O) groups is 3. The Balaban J connectivity index is 1.45. The molecular formula is C30H28N2O5. The van der Waals surface area contributed by atoms with Gasteiger partial charge in [-0.05, 0) is 44.9 Å². The van der Waals surface area contributed by atoms with Gasteiger partial charge in [-0.15, -0.1) is 0 Å². The van der Waals surface area contributed by atoms with E-state index in [1.54, 1.807) is 26.8 Å². The van der Waals surface area contributed by atoms with Gasteiger partial charge in [0.25, 0.3) is 5.91 Å². The molecule has 1 heterocycles. The molecule has 1 spiro atoms. The summed E-state index contributed by atoms with van der Waals surface area (Å²) in [5.41, 5.74) is 2.93. The summed E-state index contributed by atoms with van der Waals surface area (Å²) in [5.74, 6) is -1.19. The van der Waals surface area contributed by atoms with Crippen molar-refractivity contribution in [3.05, 3.63) is 101 Å². The van der Waals surface area contributed by atoms with Gasteiger partial charge in [-0.3, -0.25) is 9.59 Å². The van der Waals surface area contributed by atoms with Gasteiger partial charge in [0.1, 0.15) is 12.1 Å². The SMILES string of the molecule is CC(C)(C)OC(=O)CN1C(=O)O[C@]2(CCc3cc(N=C(c4ccccc4)c4ccccc4)ccc32)C1=O. The molecule has 0 bridgehead atoms. The third-order valence-electron chi connectivity index (χ3n) is 6.39. The van der Waals surface area contributed by atoms with Crippen molar-refractivity contribution in [2.75, 3.05) is 6.54 Å². The lowest BCUT2D eigenvalue weighted by molar-refractivity contribution is -0.157. The van der Waals surface area contributed by atoms with Crippen LogP contribution in [-0.4, -0.2) is 40.7 Å². The fourth-order valence-electron chi connectivity index (χ4n) is 4.83. The number of fused-ring (bicyclic) bond motifs is 2. The van der Waals surface area contributed by atoms with Crippen LogP contribution in [0.4, 0.5) is 10.5 Å². The van der Waals surface area contributed by atoms with Gasteiger partial charge in [0.15, 0.2) is 0 Å². The maximum atomic E-state index is 13.4. The summed E-state index contributed by atoms with van der Waals surface area (Å²) in [6.45, 7) is 4.70. The average molecular weight is 497 g/mol. The van der Waals surface area contributed by atoms with Crippen molar-refractivity contribution in [3.63, 3.8) is 0 Å². The van der Waals surface area contributed by atoms with Crippen LogP contribution in [0.5, 0.6) is 0 Å². The number of amides is 2. The second-order valence-electron chi connectivity index (χ2n) is 10.2. The van der Waals surface area contributed by atoms with Crippen LogP contribution in [0.25, 0.3) is 0 Å². The highest BCUT2D eigenvalue weighted by Gasteiger charge is 2.58. The number of aliphatic imine (C=N–C) groups is 1. The zero-order valence-corrected chi connectivity index (χ0v) is 21.1. The van der Waals surface area contributed by atoms with E-state index in [0.29, 0.717) is 18.4 Å². The minimum absolute atomic E-state index is 0.315. The topological polar surface area (TPSA) is 85.3 Å². The van der Waals surface area contributed by atoms with Crippen LogP contribution in [0.15, 0.2) is 83.9 Å². The van der Waals surface area contributed by atoms with Crippen LogP contribution in [0.2, 0.25) is 0 Å². The molecule has 37 heavy (non-hydrogen) atoms. The number of rotatable bonds is 5. The fourth-order valence-corrected chi connectivity index (χ4v) is 4.83. The van der Waals surface area contributed by atoms with Crippen molar-refractivity contribution >= 4 is 29.4 Å². The van der Waals surface area contributed by atoms with E-state index >= 15 is 0 Å². The molecule has 188 valence electrons. The summed E-state index contributed by atoms with van der Waals surface area (Å²) in [5, 5.41) is 0. The second-order valence-corrected chi connectivity index (χ2v) is 10.2. The number of carbonyl (C=O) groups excluding carboxylic acids is 3. The summed E-state index contributed by atoms with van der Waals surface area (Å²) >= 11 is 0. The largest absolute Gasteiger partial charge is 0.459 e. The number of esters is 1. The van der Waals surface area contributed by atoms with E-state index in [1.165, 1.54) is 0 Å². The van der Waals surface area contributed by atoms with Gasteiger partial charge < -0.3 is 9.47 Å². The first kappa shape index (κ1) is 24.4. The van der Waals surface area contributed by atoms with Crippen LogP contribution in [-0.2, 0) is 31.1 Å². The Kier molecular flexibility index (Phi) is 6.15. The summed E-state index contributed by atoms with van der Waals surface area (Å²) in [7, 11) is 0. The molecule has 3 aromatic carbocycles. The standard InChI is InChI=1S/C30H28N2O5/c1-29(2,3)36-25(33)19-32-27(34)30(37-28(32)35)17-16-22-18-23(14-15-24(22)30)31-26(20-10-6-4-7-11-20)21-12-8-5-9-13-21/h4-15,18H,16-17,19H2,1-3H3/t30-/m0/s1. The van der Waals surface area contributed by atoms with Crippen molar-refractivity contribution in [3.8, 4) is 0 Å². The van der Waals surface area contributed by atoms with Gasteiger partial charge in [-0.2, -0.15) is 0 Å². The first-order valence-electron chi connectivity index (χ1n) is 12.3. The van der Waals surface area contributed by atoms with Crippen molar-refractivity contribution in [2.45, 2.75) is 44.8 Å². The van der Waals surface area contributed by atoms with Crippen LogP contribution in [0.3, 0.4) is 0 Å². The van der Waals surface area contributed by atoms with E-state index < -0.39 is 35.7 Å². The molecule has 0 aromatic heterocycles. The molecule has 0 radical (unpaired) electrons. The molecular weight excluding hydrogens is 468 g/mol. The summed E-state index contributed by atoms with van der Waals surface area (Å²) < 4.78 is 10.9. The van der Waals surface area contributed by atoms with E-state index in [0.717, 1.165) is 33.0 Å². The number of hydrogen-bond acceptors (Lipinski definition) is 6. The van der Waals surface area contributed by atoms with Crippen LogP contribution in [0.1, 0.15) is 49.4 Å². The molecule has 5 rings (SSSR count). The molecule has 1 fully saturated rings. The molecule has 7 nitrogen and oxygen atoms in total. The molecule has 1 atom stereocenters. The van der Waals surface area contributed by atoms with Gasteiger partial charge in [0.05, 0.1) is 11.4 Å². The minimum Gasteiger partial charge on any atom is -0.459 e. The molecule has 1 saturated heterocycles. The number of aryl methyl sites for hydroxylation is 1. The van der Waals surface area contributed by atoms with Crippen LogP contribution < -0.4 is 0 Å². The number of imide groups is 1. The predicted octanol–water partition coefficient (Wildman–Crippen LogP) is 5.32. The number of benzene rings is 3. The number of hydrogen-bond donors (Lipinski definition) is 0. The highest BCUT2D eigenvalue weighted by atomic mass is 16.6. The molecule has 7 heteroatoms. The monoisotopic (exact) mass is 496 g/mol. The third-order valence-corrected chi connectivity index (χ3v) is 6.39. The zero-order chi connectivity index (χ0) is 26.2. The van der Waals surface area contributed by atoms with Gasteiger partial charge >= 0.3 is 12.1 Å². The summed E-state index contributed by atoms with van der Waals surface area (Å²) in [6.07, 6.45) is 0.0281. The lowest BCUT2D eigenvalue weighted by atomic mass is 9.94. The Morgan fingerprint density at radius 3 is 2.19 bits per heavy atom. The van der Waals surface area contributed by atoms with Gasteiger partial charge in [0.2, 0.25) is 5.60 Å². The van der Waals surface area contributed by atoms with Crippen molar-refractivity contribution in [2.24, 2.45) is 4.99 Å². The Bertz CT molecular complexity index is 1350. The Morgan fingerprint density at radius 1 is 0.973 bits per heavy atom. The molecule has 1 aliphatic heterocycles. The quantitative estimate of drug-likeness (QED) is 0.353. The molecule has 1 aliphatic carbocycles. The minimum atomic E-state index is -1.42. The van der Waals surface area contributed by atoms with Gasteiger partial charge in [0, 0.05) is 23.1 Å². The number of ether oxygens (including phenoxy) is 2. The van der Waals surface area contributed by atoms with Crippen molar-refractivity contribution < 1.29 is 23.9 Å². The van der Waals surface area contributed by atoms with E-state index in [4.69, 9.17) is 14.5 Å². The van der Waals surface area contributed by atoms with Crippen molar-refractivity contribution in [1.29, 1.82) is 0 Å². The molecule has 2 aliphatic rings. The summed E-state index contributed by atoms with van der Waals surface area (Å²) in [6, 6.07) is 25.5. The smallest absolute Gasteiger partial charge is 0.418 e. The van der Waals surface area contributed by atoms with Gasteiger partial charge in [-0.1, -0.05) is 66.7 Å². The lowest BCUT2D eigenvalue weighted by Crippen LogP contribution is -2.41. The van der Waals surface area contributed by atoms with Gasteiger partial charge in [-0.25, -0.2) is 14.7 Å². The second kappa shape index (κ2) is 9.32. The maximum Gasteiger partial charge on any atom is 0.418 e. The fraction of sp³-hybridized carbons (Fsp3) is 0.267. The number of nitrogens with zero attached hydrogens (tertiary/aromatic N) is 2. The molecule has 0 saturated carbocycles. The molecule has 2 amide bonds. The van der Waals surface area contributed by atoms with E-state index in [9.17, 15) is 14.4 Å². The Morgan fingerprint density at radius 2 is 1.59 bits per heavy atom. The normalized spacial score (nSPS) is 18.5. The Labute approximate surface area is 215 Å². The Hall–Kier alpha value is -4.26. The zero-order valence-electron chi connectivity index (χ0n) is 21.1. The highest BCUT2D eigenvalue weighted by Crippen LogP contribution is 2.46. The molecule has 0 unspecified atom stereocenters. The maximum absolute atomic E-state index is 13.4. The van der Waals surface area contributed by atoms with E-state index in [2.05, 4.69) is 0 Å². The van der Waals surface area contributed by atoms with Crippen molar-refractivity contribution in [1.82, 2.24) is 4.90 Å².